The number of unbranched alkanes of at least 4 members (excludes halogenated alkanes) is 2. The number of amides is 1. The van der Waals surface area contributed by atoms with Gasteiger partial charge < -0.3 is 15.7 Å². The molecule has 1 amide bonds. The van der Waals surface area contributed by atoms with Crippen molar-refractivity contribution in [3.8, 4) is 0 Å². The molecule has 0 aromatic heterocycles. The Balaban J connectivity index is 2.48. The lowest BCUT2D eigenvalue weighted by Gasteiger charge is -2.39. The van der Waals surface area contributed by atoms with Crippen molar-refractivity contribution in [2.24, 2.45) is 17.1 Å². The van der Waals surface area contributed by atoms with Crippen LogP contribution in [0.1, 0.15) is 51.9 Å². The molecule has 0 aromatic carbocycles. The third-order valence-corrected chi connectivity index (χ3v) is 4.57. The predicted octanol–water partition coefficient (Wildman–Crippen LogP) is 1.76. The molecule has 0 aromatic rings. The van der Waals surface area contributed by atoms with Gasteiger partial charge >= 0.3 is 0 Å². The Morgan fingerprint density at radius 1 is 1.32 bits per heavy atom. The number of nitrogens with zero attached hydrogens (tertiary/aromatic N) is 1. The molecule has 0 saturated heterocycles. The van der Waals surface area contributed by atoms with Gasteiger partial charge in [0.2, 0.25) is 5.91 Å². The standard InChI is InChI=1S/C15H30N2O2/c1-13-6-8-15(12-16,9-7-13)14(19)17(2)10-4-3-5-11-18/h13,18H,3-12,16H2,1-2H3. The van der Waals surface area contributed by atoms with Crippen LogP contribution in [0.3, 0.4) is 0 Å². The number of hydrogen-bond acceptors (Lipinski definition) is 3. The van der Waals surface area contributed by atoms with E-state index in [0.717, 1.165) is 57.4 Å². The second-order valence-corrected chi connectivity index (χ2v) is 6.18. The minimum absolute atomic E-state index is 0.228. The molecule has 112 valence electrons. The van der Waals surface area contributed by atoms with Gasteiger partial charge in [-0.25, -0.2) is 0 Å². The van der Waals surface area contributed by atoms with E-state index in [-0.39, 0.29) is 17.9 Å². The summed E-state index contributed by atoms with van der Waals surface area (Å²) >= 11 is 0. The van der Waals surface area contributed by atoms with Gasteiger partial charge in [0.25, 0.3) is 0 Å². The highest BCUT2D eigenvalue weighted by Crippen LogP contribution is 2.39. The molecule has 1 aliphatic carbocycles. The van der Waals surface area contributed by atoms with Crippen molar-refractivity contribution >= 4 is 5.91 Å². The predicted molar refractivity (Wildman–Crippen MR) is 77.7 cm³/mol. The molecule has 1 rings (SSSR count). The molecule has 0 atom stereocenters. The van der Waals surface area contributed by atoms with Crippen LogP contribution in [-0.4, -0.2) is 42.7 Å². The highest BCUT2D eigenvalue weighted by atomic mass is 16.2. The summed E-state index contributed by atoms with van der Waals surface area (Å²) < 4.78 is 0. The first-order valence-corrected chi connectivity index (χ1v) is 7.62. The lowest BCUT2D eigenvalue weighted by Crippen LogP contribution is -2.48. The number of aliphatic hydroxyl groups excluding tert-OH is 1. The molecule has 0 bridgehead atoms. The van der Waals surface area contributed by atoms with E-state index < -0.39 is 0 Å². The lowest BCUT2D eigenvalue weighted by atomic mass is 9.70. The van der Waals surface area contributed by atoms with Crippen LogP contribution in [0.2, 0.25) is 0 Å². The number of hydrogen-bond donors (Lipinski definition) is 2. The smallest absolute Gasteiger partial charge is 0.229 e. The highest BCUT2D eigenvalue weighted by Gasteiger charge is 2.41. The Morgan fingerprint density at radius 3 is 2.47 bits per heavy atom. The molecule has 0 unspecified atom stereocenters. The zero-order valence-electron chi connectivity index (χ0n) is 12.5. The fraction of sp³-hybridized carbons (Fsp3) is 0.933. The van der Waals surface area contributed by atoms with Crippen molar-refractivity contribution in [1.82, 2.24) is 4.90 Å². The molecule has 1 fully saturated rings. The van der Waals surface area contributed by atoms with Crippen LogP contribution in [0.25, 0.3) is 0 Å². The van der Waals surface area contributed by atoms with Gasteiger partial charge in [-0.2, -0.15) is 0 Å². The van der Waals surface area contributed by atoms with Gasteiger partial charge in [-0.15, -0.1) is 0 Å². The molecule has 1 aliphatic rings. The van der Waals surface area contributed by atoms with Crippen LogP contribution in [-0.2, 0) is 4.79 Å². The first kappa shape index (κ1) is 16.4. The topological polar surface area (TPSA) is 66.6 Å². The van der Waals surface area contributed by atoms with Gasteiger partial charge in [0.05, 0.1) is 5.41 Å². The quantitative estimate of drug-likeness (QED) is 0.693. The van der Waals surface area contributed by atoms with E-state index in [1.165, 1.54) is 0 Å². The van der Waals surface area contributed by atoms with Crippen LogP contribution in [0.15, 0.2) is 0 Å². The number of rotatable bonds is 7. The largest absolute Gasteiger partial charge is 0.396 e. The molecular formula is C15H30N2O2. The molecule has 19 heavy (non-hydrogen) atoms. The minimum atomic E-state index is -0.307. The molecule has 0 spiro atoms. The van der Waals surface area contributed by atoms with E-state index in [1.807, 2.05) is 11.9 Å². The first-order valence-electron chi connectivity index (χ1n) is 7.62. The van der Waals surface area contributed by atoms with E-state index in [4.69, 9.17) is 10.8 Å². The van der Waals surface area contributed by atoms with Gasteiger partial charge in [-0.1, -0.05) is 6.92 Å². The van der Waals surface area contributed by atoms with E-state index in [9.17, 15) is 4.79 Å². The Labute approximate surface area is 117 Å². The van der Waals surface area contributed by atoms with Gasteiger partial charge in [0.1, 0.15) is 0 Å². The molecule has 3 N–H and O–H groups in total. The summed E-state index contributed by atoms with van der Waals surface area (Å²) in [5.41, 5.74) is 5.61. The average molecular weight is 270 g/mol. The van der Waals surface area contributed by atoms with Gasteiger partial charge in [0, 0.05) is 26.7 Å². The molecule has 0 aliphatic heterocycles. The second kappa shape index (κ2) is 7.85. The van der Waals surface area contributed by atoms with Gasteiger partial charge in [0.15, 0.2) is 0 Å². The number of nitrogens with two attached hydrogens (primary N) is 1. The van der Waals surface area contributed by atoms with Crippen molar-refractivity contribution in [2.45, 2.75) is 51.9 Å². The second-order valence-electron chi connectivity index (χ2n) is 6.18. The van der Waals surface area contributed by atoms with Crippen molar-refractivity contribution < 1.29 is 9.90 Å². The molecule has 4 nitrogen and oxygen atoms in total. The molecule has 0 heterocycles. The molecular weight excluding hydrogens is 240 g/mol. The number of aliphatic hydroxyl groups is 1. The zero-order valence-corrected chi connectivity index (χ0v) is 12.5. The average Bonchev–Trinajstić information content (AvgIpc) is 2.44. The van der Waals surface area contributed by atoms with Gasteiger partial charge in [-0.3, -0.25) is 4.79 Å². The Bertz CT molecular complexity index is 273. The maximum absolute atomic E-state index is 12.6. The van der Waals surface area contributed by atoms with Crippen molar-refractivity contribution in [3.05, 3.63) is 0 Å². The van der Waals surface area contributed by atoms with Crippen molar-refractivity contribution in [1.29, 1.82) is 0 Å². The van der Waals surface area contributed by atoms with Crippen LogP contribution in [0, 0.1) is 11.3 Å². The SMILES string of the molecule is CC1CCC(CN)(C(=O)N(C)CCCCCO)CC1. The first-order chi connectivity index (χ1) is 9.05. The summed E-state index contributed by atoms with van der Waals surface area (Å²) in [6.07, 6.45) is 6.85. The van der Waals surface area contributed by atoms with Crippen LogP contribution >= 0.6 is 0 Å². The summed E-state index contributed by atoms with van der Waals surface area (Å²) in [7, 11) is 1.89. The number of carbonyl (C=O) groups excluding carboxylic acids is 1. The number of carbonyl (C=O) groups is 1. The van der Waals surface area contributed by atoms with Crippen LogP contribution in [0.5, 0.6) is 0 Å². The van der Waals surface area contributed by atoms with Gasteiger partial charge in [-0.05, 0) is 50.9 Å². The minimum Gasteiger partial charge on any atom is -0.396 e. The maximum Gasteiger partial charge on any atom is 0.229 e. The summed E-state index contributed by atoms with van der Waals surface area (Å²) in [4.78, 5) is 14.5. The fourth-order valence-corrected chi connectivity index (χ4v) is 2.96. The molecule has 4 heteroatoms. The summed E-state index contributed by atoms with van der Waals surface area (Å²) in [5, 5.41) is 8.75. The molecule has 0 radical (unpaired) electrons. The normalized spacial score (nSPS) is 27.3. The van der Waals surface area contributed by atoms with E-state index in [2.05, 4.69) is 6.92 Å². The van der Waals surface area contributed by atoms with E-state index in [0.29, 0.717) is 6.54 Å². The lowest BCUT2D eigenvalue weighted by molar-refractivity contribution is -0.142. The molecule has 1 saturated carbocycles. The van der Waals surface area contributed by atoms with Crippen molar-refractivity contribution in [2.75, 3.05) is 26.7 Å². The summed E-state index contributed by atoms with van der Waals surface area (Å²) in [5.74, 6) is 0.952. The summed E-state index contributed by atoms with van der Waals surface area (Å²) in [6.45, 7) is 3.74. The maximum atomic E-state index is 12.6. The van der Waals surface area contributed by atoms with E-state index in [1.54, 1.807) is 0 Å². The Morgan fingerprint density at radius 2 is 1.95 bits per heavy atom. The fourth-order valence-electron chi connectivity index (χ4n) is 2.96. The summed E-state index contributed by atoms with van der Waals surface area (Å²) in [6, 6.07) is 0. The monoisotopic (exact) mass is 270 g/mol. The Kier molecular flexibility index (Phi) is 6.80. The third kappa shape index (κ3) is 4.46. The highest BCUT2D eigenvalue weighted by molar-refractivity contribution is 5.82. The Hall–Kier alpha value is -0.610. The zero-order chi connectivity index (χ0) is 14.3. The van der Waals surface area contributed by atoms with Crippen molar-refractivity contribution in [3.63, 3.8) is 0 Å². The van der Waals surface area contributed by atoms with E-state index >= 15 is 0 Å². The third-order valence-electron chi connectivity index (χ3n) is 4.57. The van der Waals surface area contributed by atoms with Crippen LogP contribution < -0.4 is 5.73 Å². The van der Waals surface area contributed by atoms with Crippen LogP contribution in [0.4, 0.5) is 0 Å².